The van der Waals surface area contributed by atoms with Gasteiger partial charge in [0.1, 0.15) is 0 Å². The largest absolute Gasteiger partial charge is 0.332 e. The Balaban J connectivity index is 3.04. The van der Waals surface area contributed by atoms with Crippen molar-refractivity contribution in [3.8, 4) is 0 Å². The molecule has 0 amide bonds. The first-order chi connectivity index (χ1) is 9.47. The van der Waals surface area contributed by atoms with Gasteiger partial charge < -0.3 is 4.57 Å². The second kappa shape index (κ2) is 5.12. The third-order valence-electron chi connectivity index (χ3n) is 3.65. The third kappa shape index (κ3) is 1.83. The molecule has 0 saturated carbocycles. The topological polar surface area (TPSA) is 99.9 Å². The summed E-state index contributed by atoms with van der Waals surface area (Å²) in [6.45, 7) is 6.32. The number of imidazole rings is 1. The Morgan fingerprint density at radius 3 is 2.50 bits per heavy atom. The number of hydrogen-bond acceptors (Lipinski definition) is 5. The molecule has 0 saturated heterocycles. The maximum atomic E-state index is 12.3. The quantitative estimate of drug-likeness (QED) is 0.614. The Morgan fingerprint density at radius 2 is 2.00 bits per heavy atom. The maximum Gasteiger partial charge on any atom is 0.332 e. The molecule has 0 aliphatic rings. The average molecular weight is 280 g/mol. The first-order valence-electron chi connectivity index (χ1n) is 6.66. The van der Waals surface area contributed by atoms with Gasteiger partial charge in [0.05, 0.1) is 0 Å². The highest BCUT2D eigenvalue weighted by atomic mass is 16.2. The number of nitrogens with one attached hydrogen (secondary N) is 1. The standard InChI is InChI=1S/C12H20N6O2/c1-5-7(3)18-9-8(10(19)16(4)12(18)20)17(6-2)11(14-9)15-13/h7H,5-6,13H2,1-4H3,(H,14,15). The molecule has 2 aromatic heterocycles. The van der Waals surface area contributed by atoms with Crippen LogP contribution in [-0.4, -0.2) is 18.7 Å². The van der Waals surface area contributed by atoms with Gasteiger partial charge >= 0.3 is 5.69 Å². The number of hydrogen-bond donors (Lipinski definition) is 2. The van der Waals surface area contributed by atoms with Gasteiger partial charge in [-0.25, -0.2) is 10.6 Å². The number of rotatable bonds is 4. The number of fused-ring (bicyclic) bond motifs is 1. The van der Waals surface area contributed by atoms with E-state index >= 15 is 0 Å². The van der Waals surface area contributed by atoms with E-state index in [-0.39, 0.29) is 17.3 Å². The Morgan fingerprint density at radius 1 is 1.35 bits per heavy atom. The summed E-state index contributed by atoms with van der Waals surface area (Å²) in [6.07, 6.45) is 0.761. The molecule has 0 bridgehead atoms. The van der Waals surface area contributed by atoms with E-state index < -0.39 is 0 Å². The van der Waals surface area contributed by atoms with Crippen LogP contribution in [0.15, 0.2) is 9.59 Å². The van der Waals surface area contributed by atoms with Crippen LogP contribution in [-0.2, 0) is 13.6 Å². The molecule has 8 nitrogen and oxygen atoms in total. The van der Waals surface area contributed by atoms with Gasteiger partial charge in [0.15, 0.2) is 11.2 Å². The van der Waals surface area contributed by atoms with Gasteiger partial charge in [-0.05, 0) is 20.3 Å². The molecule has 2 aromatic rings. The van der Waals surface area contributed by atoms with Gasteiger partial charge in [-0.15, -0.1) is 0 Å². The summed E-state index contributed by atoms with van der Waals surface area (Å²) in [5.74, 6) is 5.82. The minimum atomic E-state index is -0.361. The summed E-state index contributed by atoms with van der Waals surface area (Å²) in [7, 11) is 1.48. The van der Waals surface area contributed by atoms with Crippen molar-refractivity contribution in [2.75, 3.05) is 5.43 Å². The molecule has 1 unspecified atom stereocenters. The van der Waals surface area contributed by atoms with E-state index in [1.807, 2.05) is 20.8 Å². The van der Waals surface area contributed by atoms with Crippen molar-refractivity contribution in [1.29, 1.82) is 0 Å². The smallest absolute Gasteiger partial charge is 0.304 e. The van der Waals surface area contributed by atoms with Gasteiger partial charge in [-0.1, -0.05) is 6.92 Å². The zero-order valence-corrected chi connectivity index (χ0v) is 12.2. The average Bonchev–Trinajstić information content (AvgIpc) is 2.82. The van der Waals surface area contributed by atoms with E-state index in [1.165, 1.54) is 7.05 Å². The number of anilines is 1. The number of aryl methyl sites for hydroxylation is 1. The second-order valence-electron chi connectivity index (χ2n) is 4.77. The fourth-order valence-electron chi connectivity index (χ4n) is 2.32. The Bertz CT molecular complexity index is 754. The van der Waals surface area contributed by atoms with Crippen LogP contribution in [0.4, 0.5) is 5.95 Å². The highest BCUT2D eigenvalue weighted by molar-refractivity contribution is 5.74. The number of nitrogens with two attached hydrogens (primary N) is 1. The molecule has 0 aliphatic heterocycles. The van der Waals surface area contributed by atoms with Crippen LogP contribution in [0, 0.1) is 0 Å². The van der Waals surface area contributed by atoms with Crippen molar-refractivity contribution >= 4 is 17.1 Å². The molecule has 1 atom stereocenters. The Kier molecular flexibility index (Phi) is 3.67. The molecule has 0 radical (unpaired) electrons. The van der Waals surface area contributed by atoms with Crippen LogP contribution in [0.25, 0.3) is 11.2 Å². The van der Waals surface area contributed by atoms with Crippen molar-refractivity contribution in [2.45, 2.75) is 39.8 Å². The Labute approximate surface area is 115 Å². The molecule has 0 aliphatic carbocycles. The van der Waals surface area contributed by atoms with E-state index in [2.05, 4.69) is 10.4 Å². The monoisotopic (exact) mass is 280 g/mol. The molecular weight excluding hydrogens is 260 g/mol. The first-order valence-corrected chi connectivity index (χ1v) is 6.66. The number of nitrogens with zero attached hydrogens (tertiary/aromatic N) is 4. The normalized spacial score (nSPS) is 12.8. The molecule has 20 heavy (non-hydrogen) atoms. The lowest BCUT2D eigenvalue weighted by Crippen LogP contribution is -2.39. The second-order valence-corrected chi connectivity index (χ2v) is 4.77. The fraction of sp³-hybridized carbons (Fsp3) is 0.583. The van der Waals surface area contributed by atoms with Crippen LogP contribution >= 0.6 is 0 Å². The summed E-state index contributed by atoms with van der Waals surface area (Å²) in [4.78, 5) is 29.0. The van der Waals surface area contributed by atoms with Gasteiger partial charge in [-0.2, -0.15) is 4.98 Å². The SMILES string of the molecule is CCC(C)n1c(=O)n(C)c(=O)c2c1nc(NN)n2CC. The summed E-state index contributed by atoms with van der Waals surface area (Å²) in [5.41, 5.74) is 2.52. The molecule has 2 rings (SSSR count). The summed E-state index contributed by atoms with van der Waals surface area (Å²) >= 11 is 0. The van der Waals surface area contributed by atoms with Gasteiger partial charge in [0.25, 0.3) is 5.56 Å². The first kappa shape index (κ1) is 14.3. The van der Waals surface area contributed by atoms with Crippen molar-refractivity contribution in [3.05, 3.63) is 20.8 Å². The molecule has 8 heteroatoms. The van der Waals surface area contributed by atoms with Crippen molar-refractivity contribution in [1.82, 2.24) is 18.7 Å². The lowest BCUT2D eigenvalue weighted by atomic mass is 10.2. The van der Waals surface area contributed by atoms with E-state index in [4.69, 9.17) is 5.84 Å². The molecule has 3 N–H and O–H groups in total. The van der Waals surface area contributed by atoms with Crippen molar-refractivity contribution < 1.29 is 0 Å². The maximum absolute atomic E-state index is 12.3. The molecule has 0 fully saturated rings. The number of hydrazine groups is 1. The molecule has 0 spiro atoms. The van der Waals surface area contributed by atoms with Crippen LogP contribution in [0.1, 0.15) is 33.2 Å². The predicted octanol–water partition coefficient (Wildman–Crippen LogP) is 0.173. The minimum absolute atomic E-state index is 0.0531. The highest BCUT2D eigenvalue weighted by Gasteiger charge is 2.21. The van der Waals surface area contributed by atoms with E-state index in [9.17, 15) is 9.59 Å². The van der Waals surface area contributed by atoms with Crippen molar-refractivity contribution in [3.63, 3.8) is 0 Å². The van der Waals surface area contributed by atoms with Crippen LogP contribution in [0.2, 0.25) is 0 Å². The number of aromatic nitrogens is 4. The zero-order valence-electron chi connectivity index (χ0n) is 12.2. The highest BCUT2D eigenvalue weighted by Crippen LogP contribution is 2.18. The third-order valence-corrected chi connectivity index (χ3v) is 3.65. The van der Waals surface area contributed by atoms with E-state index in [0.29, 0.717) is 23.7 Å². The van der Waals surface area contributed by atoms with Gasteiger partial charge in [0.2, 0.25) is 5.95 Å². The van der Waals surface area contributed by atoms with E-state index in [0.717, 1.165) is 11.0 Å². The molecule has 2 heterocycles. The summed E-state index contributed by atoms with van der Waals surface area (Å²) in [6, 6.07) is -0.0531. The molecule has 0 aromatic carbocycles. The summed E-state index contributed by atoms with van der Waals surface area (Å²) in [5, 5.41) is 0. The predicted molar refractivity (Wildman–Crippen MR) is 77.7 cm³/mol. The van der Waals surface area contributed by atoms with Crippen LogP contribution in [0.3, 0.4) is 0 Å². The Hall–Kier alpha value is -2.09. The van der Waals surface area contributed by atoms with Crippen molar-refractivity contribution in [2.24, 2.45) is 12.9 Å². The van der Waals surface area contributed by atoms with Gasteiger partial charge in [-0.3, -0.25) is 19.4 Å². The van der Waals surface area contributed by atoms with Crippen LogP contribution < -0.4 is 22.5 Å². The number of nitrogen functional groups attached to an aromatic ring is 1. The molecular formula is C12H20N6O2. The zero-order chi connectivity index (χ0) is 15.0. The lowest BCUT2D eigenvalue weighted by Gasteiger charge is -2.14. The van der Waals surface area contributed by atoms with Crippen LogP contribution in [0.5, 0.6) is 0 Å². The minimum Gasteiger partial charge on any atom is -0.304 e. The lowest BCUT2D eigenvalue weighted by molar-refractivity contribution is 0.499. The summed E-state index contributed by atoms with van der Waals surface area (Å²) < 4.78 is 4.34. The molecule has 110 valence electrons. The fourth-order valence-corrected chi connectivity index (χ4v) is 2.32. The van der Waals surface area contributed by atoms with E-state index in [1.54, 1.807) is 9.13 Å². The van der Waals surface area contributed by atoms with Gasteiger partial charge in [0, 0.05) is 19.6 Å².